The van der Waals surface area contributed by atoms with Crippen molar-refractivity contribution in [2.45, 2.75) is 47.6 Å². The molecule has 1 aromatic carbocycles. The van der Waals surface area contributed by atoms with Crippen LogP contribution >= 0.6 is 24.2 Å². The molecule has 3 aromatic rings. The van der Waals surface area contributed by atoms with Gasteiger partial charge < -0.3 is 10.4 Å². The third-order valence-electron chi connectivity index (χ3n) is 4.99. The van der Waals surface area contributed by atoms with Crippen molar-refractivity contribution < 1.29 is 9.50 Å². The zero-order valence-electron chi connectivity index (χ0n) is 15.8. The molecule has 29 heavy (non-hydrogen) atoms. The van der Waals surface area contributed by atoms with Gasteiger partial charge in [0, 0.05) is 29.6 Å². The van der Waals surface area contributed by atoms with Crippen LogP contribution in [0, 0.1) is 5.82 Å². The molecule has 0 spiro atoms. The number of benzene rings is 1. The Labute approximate surface area is 178 Å². The summed E-state index contributed by atoms with van der Waals surface area (Å²) < 4.78 is 14.6. The first kappa shape index (κ1) is 21.5. The maximum Gasteiger partial charge on any atom is 0.265 e. The molecule has 1 aliphatic carbocycles. The lowest BCUT2D eigenvalue weighted by atomic mass is 9.93. The van der Waals surface area contributed by atoms with Crippen LogP contribution in [0.25, 0.3) is 11.0 Å². The summed E-state index contributed by atoms with van der Waals surface area (Å²) in [6.45, 7) is 0. The quantitative estimate of drug-likeness (QED) is 0.648. The maximum atomic E-state index is 13.1. The summed E-state index contributed by atoms with van der Waals surface area (Å²) in [6, 6.07) is 8.04. The topological polar surface area (TPSA) is 80.0 Å². The van der Waals surface area contributed by atoms with Crippen LogP contribution in [-0.2, 0) is 7.05 Å². The van der Waals surface area contributed by atoms with Gasteiger partial charge >= 0.3 is 0 Å². The van der Waals surface area contributed by atoms with Crippen LogP contribution in [0.4, 0.5) is 10.3 Å². The molecule has 4 rings (SSSR count). The highest BCUT2D eigenvalue weighted by molar-refractivity contribution is 7.99. The second-order valence-electron chi connectivity index (χ2n) is 7.05. The fraction of sp³-hybridized carbons (Fsp3) is 0.350. The molecule has 0 bridgehead atoms. The summed E-state index contributed by atoms with van der Waals surface area (Å²) in [6.07, 6.45) is 4.77. The van der Waals surface area contributed by atoms with Gasteiger partial charge in [0.05, 0.1) is 11.0 Å². The van der Waals surface area contributed by atoms with E-state index in [0.717, 1.165) is 36.0 Å². The molecule has 1 saturated carbocycles. The van der Waals surface area contributed by atoms with Crippen molar-refractivity contribution in [1.82, 2.24) is 14.5 Å². The van der Waals surface area contributed by atoms with Crippen LogP contribution in [0.3, 0.4) is 0 Å². The predicted octanol–water partition coefficient (Wildman–Crippen LogP) is 3.76. The molecule has 2 heterocycles. The van der Waals surface area contributed by atoms with E-state index in [1.165, 1.54) is 28.5 Å². The van der Waals surface area contributed by atoms with Crippen LogP contribution in [0.15, 0.2) is 51.1 Å². The highest BCUT2D eigenvalue weighted by Crippen LogP contribution is 2.27. The molecule has 0 unspecified atom stereocenters. The van der Waals surface area contributed by atoms with Crippen LogP contribution < -0.4 is 10.9 Å². The van der Waals surface area contributed by atoms with Gasteiger partial charge in [0.1, 0.15) is 11.5 Å². The van der Waals surface area contributed by atoms with Crippen LogP contribution in [0.5, 0.6) is 0 Å². The molecule has 0 aliphatic heterocycles. The lowest BCUT2D eigenvalue weighted by molar-refractivity contribution is 0.126. The predicted molar refractivity (Wildman–Crippen MR) is 114 cm³/mol. The van der Waals surface area contributed by atoms with Gasteiger partial charge in [0.2, 0.25) is 5.95 Å². The molecule has 9 heteroatoms. The van der Waals surface area contributed by atoms with E-state index in [1.54, 1.807) is 31.4 Å². The molecule has 0 atom stereocenters. The Morgan fingerprint density at radius 1 is 1.21 bits per heavy atom. The Morgan fingerprint density at radius 2 is 1.90 bits per heavy atom. The average Bonchev–Trinajstić information content (AvgIpc) is 2.70. The number of fused-ring (bicyclic) bond motifs is 1. The molecule has 0 saturated heterocycles. The number of aliphatic hydroxyl groups excluding tert-OH is 1. The Bertz CT molecular complexity index is 1050. The van der Waals surface area contributed by atoms with Crippen LogP contribution in [-0.4, -0.2) is 31.8 Å². The number of nitrogens with one attached hydrogen (secondary N) is 1. The van der Waals surface area contributed by atoms with Crippen molar-refractivity contribution in [3.05, 3.63) is 52.7 Å². The third-order valence-corrected chi connectivity index (χ3v) is 6.01. The summed E-state index contributed by atoms with van der Waals surface area (Å²) >= 11 is 1.29. The summed E-state index contributed by atoms with van der Waals surface area (Å²) in [5.41, 5.74) is 0.397. The molecule has 1 fully saturated rings. The van der Waals surface area contributed by atoms with Gasteiger partial charge in [-0.2, -0.15) is 4.98 Å². The first-order valence-corrected chi connectivity index (χ1v) is 10.1. The molecule has 1 aliphatic rings. The number of aromatic nitrogens is 3. The van der Waals surface area contributed by atoms with Crippen molar-refractivity contribution in [2.75, 3.05) is 5.32 Å². The Kier molecular flexibility index (Phi) is 6.77. The zero-order chi connectivity index (χ0) is 19.7. The molecule has 2 N–H and O–H groups in total. The third kappa shape index (κ3) is 4.88. The number of nitrogens with zero attached hydrogens (tertiary/aromatic N) is 3. The first-order chi connectivity index (χ1) is 13.5. The second kappa shape index (κ2) is 9.11. The highest BCUT2D eigenvalue weighted by atomic mass is 35.5. The fourth-order valence-electron chi connectivity index (χ4n) is 3.39. The molecular formula is C20H22ClFN4O2S. The van der Waals surface area contributed by atoms with Crippen LogP contribution in [0.1, 0.15) is 25.7 Å². The van der Waals surface area contributed by atoms with Gasteiger partial charge in [-0.25, -0.2) is 9.37 Å². The van der Waals surface area contributed by atoms with E-state index in [1.807, 2.05) is 0 Å². The van der Waals surface area contributed by atoms with E-state index < -0.39 is 0 Å². The highest BCUT2D eigenvalue weighted by Gasteiger charge is 2.20. The summed E-state index contributed by atoms with van der Waals surface area (Å²) in [5.74, 6) is 0.180. The number of halogens is 2. The lowest BCUT2D eigenvalue weighted by Gasteiger charge is -2.26. The lowest BCUT2D eigenvalue weighted by Crippen LogP contribution is -2.29. The molecule has 0 radical (unpaired) electrons. The van der Waals surface area contributed by atoms with Gasteiger partial charge in [-0.3, -0.25) is 9.36 Å². The number of pyridine rings is 1. The second-order valence-corrected chi connectivity index (χ2v) is 8.17. The minimum Gasteiger partial charge on any atom is -0.393 e. The molecular weight excluding hydrogens is 415 g/mol. The summed E-state index contributed by atoms with van der Waals surface area (Å²) in [5, 5.41) is 13.7. The Hall–Kier alpha value is -2.16. The number of anilines is 1. The van der Waals surface area contributed by atoms with Crippen LogP contribution in [0.2, 0.25) is 0 Å². The van der Waals surface area contributed by atoms with Crippen molar-refractivity contribution in [3.8, 4) is 0 Å². The summed E-state index contributed by atoms with van der Waals surface area (Å²) in [7, 11) is 1.69. The van der Waals surface area contributed by atoms with Crippen molar-refractivity contribution in [1.29, 1.82) is 0 Å². The molecule has 0 amide bonds. The molecule has 2 aromatic heterocycles. The average molecular weight is 437 g/mol. The van der Waals surface area contributed by atoms with E-state index in [0.29, 0.717) is 16.5 Å². The number of aryl methyl sites for hydroxylation is 1. The van der Waals surface area contributed by atoms with Gasteiger partial charge in [-0.1, -0.05) is 11.8 Å². The summed E-state index contributed by atoms with van der Waals surface area (Å²) in [4.78, 5) is 23.0. The minimum atomic E-state index is -0.309. The zero-order valence-corrected chi connectivity index (χ0v) is 17.5. The number of hydrogen-bond acceptors (Lipinski definition) is 6. The number of rotatable bonds is 4. The molecule has 6 nitrogen and oxygen atoms in total. The Balaban J connectivity index is 0.00000240. The van der Waals surface area contributed by atoms with E-state index >= 15 is 0 Å². The van der Waals surface area contributed by atoms with E-state index in [4.69, 9.17) is 0 Å². The normalized spacial score (nSPS) is 19.0. The molecule has 154 valence electrons. The van der Waals surface area contributed by atoms with Crippen molar-refractivity contribution in [3.63, 3.8) is 0 Å². The van der Waals surface area contributed by atoms with Crippen molar-refractivity contribution >= 4 is 41.2 Å². The smallest absolute Gasteiger partial charge is 0.265 e. The fourth-order valence-corrected chi connectivity index (χ4v) is 4.33. The maximum absolute atomic E-state index is 13.1. The number of hydrogen-bond donors (Lipinski definition) is 2. The van der Waals surface area contributed by atoms with Gasteiger partial charge in [0.25, 0.3) is 5.56 Å². The monoisotopic (exact) mass is 436 g/mol. The van der Waals surface area contributed by atoms with E-state index in [-0.39, 0.29) is 35.9 Å². The van der Waals surface area contributed by atoms with Gasteiger partial charge in [-0.05, 0) is 56.0 Å². The standard InChI is InChI=1S/C20H21FN4O2S.ClH/c1-25-18-12(10-17(19(25)27)28-16-8-2-13(21)3-9-16)11-22-20(24-18)23-14-4-6-15(26)7-5-14;/h2-3,8-11,14-15,26H,4-7H2,1H3,(H,22,23,24);1H. The van der Waals surface area contributed by atoms with E-state index in [9.17, 15) is 14.3 Å². The van der Waals surface area contributed by atoms with Gasteiger partial charge in [-0.15, -0.1) is 12.4 Å². The van der Waals surface area contributed by atoms with Crippen molar-refractivity contribution in [2.24, 2.45) is 7.05 Å². The minimum absolute atomic E-state index is 0. The number of aliphatic hydroxyl groups is 1. The SMILES string of the molecule is Cl.Cn1c(=O)c(Sc2ccc(F)cc2)cc2cnc(NC3CCC(O)CC3)nc21. The Morgan fingerprint density at radius 3 is 2.59 bits per heavy atom. The van der Waals surface area contributed by atoms with Gasteiger partial charge in [0.15, 0.2) is 0 Å². The van der Waals surface area contributed by atoms with E-state index in [2.05, 4.69) is 15.3 Å². The first-order valence-electron chi connectivity index (χ1n) is 9.24. The largest absolute Gasteiger partial charge is 0.393 e.